The fourth-order valence-electron chi connectivity index (χ4n) is 1.89. The normalized spacial score (nSPS) is 15.2. The maximum Gasteiger partial charge on any atom is 0.419 e. The molecule has 1 aromatic rings. The van der Waals surface area contributed by atoms with Crippen LogP contribution in [-0.2, 0) is 6.18 Å². The Balaban J connectivity index is 2.84. The lowest BCUT2D eigenvalue weighted by Gasteiger charge is -2.31. The zero-order chi connectivity index (χ0) is 15.4. The van der Waals surface area contributed by atoms with Gasteiger partial charge < -0.3 is 15.2 Å². The Bertz CT molecular complexity index is 435. The summed E-state index contributed by atoms with van der Waals surface area (Å²) in [5, 5.41) is 12.5. The molecule has 0 heterocycles. The molecule has 1 aromatic carbocycles. The van der Waals surface area contributed by atoms with Crippen molar-refractivity contribution in [3.05, 3.63) is 29.8 Å². The van der Waals surface area contributed by atoms with Crippen LogP contribution in [0.5, 0.6) is 5.75 Å². The van der Waals surface area contributed by atoms with Crippen LogP contribution >= 0.6 is 0 Å². The minimum atomic E-state index is -4.46. The molecule has 0 amide bonds. The first-order valence-corrected chi connectivity index (χ1v) is 6.35. The lowest BCUT2D eigenvalue weighted by molar-refractivity contribution is -0.139. The van der Waals surface area contributed by atoms with E-state index in [9.17, 15) is 18.3 Å². The predicted molar refractivity (Wildman–Crippen MR) is 70.7 cm³/mol. The first-order valence-electron chi connectivity index (χ1n) is 6.35. The zero-order valence-corrected chi connectivity index (χ0v) is 11.8. The van der Waals surface area contributed by atoms with Crippen molar-refractivity contribution in [3.8, 4) is 5.75 Å². The van der Waals surface area contributed by atoms with E-state index in [4.69, 9.17) is 4.74 Å². The summed E-state index contributed by atoms with van der Waals surface area (Å²) in [5.74, 6) is -0.231. The van der Waals surface area contributed by atoms with Crippen molar-refractivity contribution in [3.63, 3.8) is 0 Å². The van der Waals surface area contributed by atoms with Crippen LogP contribution < -0.4 is 10.1 Å². The number of halogens is 3. The predicted octanol–water partition coefficient (Wildman–Crippen LogP) is 2.83. The largest absolute Gasteiger partial charge is 0.491 e. The number of hydrogen-bond donors (Lipinski definition) is 2. The number of alkyl halides is 3. The number of hydrogen-bond acceptors (Lipinski definition) is 3. The van der Waals surface area contributed by atoms with E-state index in [2.05, 4.69) is 5.32 Å². The molecule has 0 saturated heterocycles. The quantitative estimate of drug-likeness (QED) is 0.847. The van der Waals surface area contributed by atoms with Gasteiger partial charge in [-0.05, 0) is 19.1 Å². The summed E-state index contributed by atoms with van der Waals surface area (Å²) in [6.45, 7) is 5.17. The summed E-state index contributed by atoms with van der Waals surface area (Å²) in [6, 6.07) is 5.12. The molecular weight excluding hydrogens is 271 g/mol. The van der Waals surface area contributed by atoms with Gasteiger partial charge in [-0.1, -0.05) is 26.0 Å². The number of aliphatic hydroxyl groups excluding tert-OH is 1. The third-order valence-electron chi connectivity index (χ3n) is 2.72. The second kappa shape index (κ2) is 6.45. The zero-order valence-electron chi connectivity index (χ0n) is 11.8. The second-order valence-electron chi connectivity index (χ2n) is 5.30. The molecular formula is C14H20F3NO2. The topological polar surface area (TPSA) is 41.5 Å². The Labute approximate surface area is 116 Å². The smallest absolute Gasteiger partial charge is 0.419 e. The molecule has 20 heavy (non-hydrogen) atoms. The Morgan fingerprint density at radius 1 is 1.25 bits per heavy atom. The van der Waals surface area contributed by atoms with E-state index >= 15 is 0 Å². The number of ether oxygens (including phenoxy) is 1. The summed E-state index contributed by atoms with van der Waals surface area (Å²) in [7, 11) is 0. The average molecular weight is 291 g/mol. The maximum atomic E-state index is 12.8. The highest BCUT2D eigenvalue weighted by molar-refractivity contribution is 5.35. The van der Waals surface area contributed by atoms with Gasteiger partial charge in [0.1, 0.15) is 12.4 Å². The van der Waals surface area contributed by atoms with Crippen LogP contribution in [0.3, 0.4) is 0 Å². The summed E-state index contributed by atoms with van der Waals surface area (Å²) in [5.41, 5.74) is -1.61. The van der Waals surface area contributed by atoms with Crippen molar-refractivity contribution in [1.82, 2.24) is 5.32 Å². The Morgan fingerprint density at radius 3 is 2.35 bits per heavy atom. The highest BCUT2D eigenvalue weighted by Crippen LogP contribution is 2.36. The van der Waals surface area contributed by atoms with Crippen LogP contribution in [0.15, 0.2) is 24.3 Å². The maximum absolute atomic E-state index is 12.8. The Hall–Kier alpha value is -1.27. The molecule has 0 aliphatic carbocycles. The standard InChI is InChI=1S/C14H20F3NO2/c1-10(2)18-13(3,8-19)9-20-12-7-5-4-6-11(12)14(15,16)17/h4-7,10,18-19H,8-9H2,1-3H3. The molecule has 0 fully saturated rings. The molecule has 6 heteroatoms. The highest BCUT2D eigenvalue weighted by Gasteiger charge is 2.35. The van der Waals surface area contributed by atoms with Crippen molar-refractivity contribution < 1.29 is 23.0 Å². The molecule has 0 aliphatic rings. The van der Waals surface area contributed by atoms with E-state index in [1.165, 1.54) is 18.2 Å². The third kappa shape index (κ3) is 4.68. The lowest BCUT2D eigenvalue weighted by Crippen LogP contribution is -2.53. The van der Waals surface area contributed by atoms with Crippen molar-refractivity contribution in [2.24, 2.45) is 0 Å². The van der Waals surface area contributed by atoms with Crippen molar-refractivity contribution >= 4 is 0 Å². The minimum absolute atomic E-state index is 0.0607. The number of benzene rings is 1. The second-order valence-corrected chi connectivity index (χ2v) is 5.30. The molecule has 0 aliphatic heterocycles. The highest BCUT2D eigenvalue weighted by atomic mass is 19.4. The molecule has 0 saturated carbocycles. The first kappa shape index (κ1) is 16.8. The summed E-state index contributed by atoms with van der Waals surface area (Å²) >= 11 is 0. The molecule has 0 bridgehead atoms. The van der Waals surface area contributed by atoms with Crippen LogP contribution in [0.1, 0.15) is 26.3 Å². The van der Waals surface area contributed by atoms with Crippen LogP contribution in [-0.4, -0.2) is 29.9 Å². The number of nitrogens with one attached hydrogen (secondary N) is 1. The van der Waals surface area contributed by atoms with Gasteiger partial charge in [0.05, 0.1) is 17.7 Å². The average Bonchev–Trinajstić information content (AvgIpc) is 2.35. The van der Waals surface area contributed by atoms with Crippen molar-refractivity contribution in [1.29, 1.82) is 0 Å². The SMILES string of the molecule is CC(C)NC(C)(CO)COc1ccccc1C(F)(F)F. The van der Waals surface area contributed by atoms with Crippen LogP contribution in [0.4, 0.5) is 13.2 Å². The Kier molecular flexibility index (Phi) is 5.42. The van der Waals surface area contributed by atoms with Gasteiger partial charge in [0.25, 0.3) is 0 Å². The van der Waals surface area contributed by atoms with Gasteiger partial charge in [0.2, 0.25) is 0 Å². The fraction of sp³-hybridized carbons (Fsp3) is 0.571. The van der Waals surface area contributed by atoms with E-state index in [-0.39, 0.29) is 25.0 Å². The third-order valence-corrected chi connectivity index (χ3v) is 2.72. The van der Waals surface area contributed by atoms with E-state index in [1.807, 2.05) is 13.8 Å². The molecule has 114 valence electrons. The van der Waals surface area contributed by atoms with Gasteiger partial charge in [-0.25, -0.2) is 0 Å². The molecule has 0 spiro atoms. The molecule has 0 radical (unpaired) electrons. The van der Waals surface area contributed by atoms with Crippen molar-refractivity contribution in [2.45, 2.75) is 38.5 Å². The lowest BCUT2D eigenvalue weighted by atomic mass is 10.0. The molecule has 1 unspecified atom stereocenters. The van der Waals surface area contributed by atoms with Gasteiger partial charge >= 0.3 is 6.18 Å². The van der Waals surface area contributed by atoms with E-state index in [0.29, 0.717) is 0 Å². The van der Waals surface area contributed by atoms with E-state index in [1.54, 1.807) is 6.92 Å². The summed E-state index contributed by atoms with van der Waals surface area (Å²) in [6.07, 6.45) is -4.46. The first-order chi connectivity index (χ1) is 9.18. The van der Waals surface area contributed by atoms with Crippen LogP contribution in [0.25, 0.3) is 0 Å². The molecule has 0 aromatic heterocycles. The number of para-hydroxylation sites is 1. The number of rotatable bonds is 6. The molecule has 3 nitrogen and oxygen atoms in total. The summed E-state index contributed by atoms with van der Waals surface area (Å²) < 4.78 is 43.7. The monoisotopic (exact) mass is 291 g/mol. The molecule has 1 atom stereocenters. The van der Waals surface area contributed by atoms with Gasteiger partial charge in [0, 0.05) is 6.04 Å². The van der Waals surface area contributed by atoms with E-state index in [0.717, 1.165) is 6.07 Å². The van der Waals surface area contributed by atoms with E-state index < -0.39 is 17.3 Å². The summed E-state index contributed by atoms with van der Waals surface area (Å²) in [4.78, 5) is 0. The molecule has 1 rings (SSSR count). The van der Waals surface area contributed by atoms with Gasteiger partial charge in [-0.2, -0.15) is 13.2 Å². The van der Waals surface area contributed by atoms with Gasteiger partial charge in [-0.15, -0.1) is 0 Å². The van der Waals surface area contributed by atoms with Crippen LogP contribution in [0, 0.1) is 0 Å². The minimum Gasteiger partial charge on any atom is -0.491 e. The van der Waals surface area contributed by atoms with Gasteiger partial charge in [-0.3, -0.25) is 0 Å². The Morgan fingerprint density at radius 2 is 1.85 bits per heavy atom. The van der Waals surface area contributed by atoms with Crippen LogP contribution in [0.2, 0.25) is 0 Å². The van der Waals surface area contributed by atoms with Crippen molar-refractivity contribution in [2.75, 3.05) is 13.2 Å². The fourth-order valence-corrected chi connectivity index (χ4v) is 1.89. The van der Waals surface area contributed by atoms with Gasteiger partial charge in [0.15, 0.2) is 0 Å². The number of aliphatic hydroxyl groups is 1. The molecule has 2 N–H and O–H groups in total.